The summed E-state index contributed by atoms with van der Waals surface area (Å²) in [5.74, 6) is 1.20. The van der Waals surface area contributed by atoms with E-state index in [4.69, 9.17) is 20.8 Å². The van der Waals surface area contributed by atoms with Crippen LogP contribution in [0.1, 0.15) is 26.2 Å². The molecule has 0 spiro atoms. The van der Waals surface area contributed by atoms with Gasteiger partial charge < -0.3 is 14.5 Å². The quantitative estimate of drug-likeness (QED) is 0.635. The molecule has 0 bridgehead atoms. The number of aromatic nitrogens is 2. The van der Waals surface area contributed by atoms with Gasteiger partial charge in [0.25, 0.3) is 0 Å². The minimum absolute atomic E-state index is 0.0182. The van der Waals surface area contributed by atoms with Gasteiger partial charge in [0, 0.05) is 12.8 Å². The Labute approximate surface area is 162 Å². The van der Waals surface area contributed by atoms with E-state index in [2.05, 4.69) is 15.5 Å². The van der Waals surface area contributed by atoms with Crippen molar-refractivity contribution in [1.82, 2.24) is 10.2 Å². The molecule has 0 unspecified atom stereocenters. The Bertz CT molecular complexity index is 924. The van der Waals surface area contributed by atoms with Gasteiger partial charge in [-0.1, -0.05) is 35.9 Å². The number of aryl methyl sites for hydroxylation is 1. The maximum atomic E-state index is 12.3. The highest BCUT2D eigenvalue weighted by Gasteiger charge is 2.14. The molecular formula is C20H20ClN3O3. The van der Waals surface area contributed by atoms with Gasteiger partial charge in [-0.25, -0.2) is 0 Å². The summed E-state index contributed by atoms with van der Waals surface area (Å²) in [7, 11) is 0. The van der Waals surface area contributed by atoms with Crippen LogP contribution in [0, 0.1) is 0 Å². The molecule has 7 heteroatoms. The number of hydrogen-bond donors (Lipinski definition) is 1. The van der Waals surface area contributed by atoms with E-state index < -0.39 is 0 Å². The zero-order chi connectivity index (χ0) is 19.2. The van der Waals surface area contributed by atoms with Gasteiger partial charge in [-0.3, -0.25) is 4.79 Å². The second-order valence-corrected chi connectivity index (χ2v) is 6.60. The fraction of sp³-hybridized carbons (Fsp3) is 0.250. The topological polar surface area (TPSA) is 77.2 Å². The molecule has 0 atom stereocenters. The number of carbonyl (C=O) groups is 1. The lowest BCUT2D eigenvalue weighted by atomic mass is 10.2. The van der Waals surface area contributed by atoms with E-state index in [9.17, 15) is 4.79 Å². The van der Waals surface area contributed by atoms with E-state index in [0.717, 1.165) is 0 Å². The van der Waals surface area contributed by atoms with Crippen molar-refractivity contribution in [2.24, 2.45) is 0 Å². The number of ether oxygens (including phenoxy) is 1. The van der Waals surface area contributed by atoms with Crippen molar-refractivity contribution in [3.63, 3.8) is 0 Å². The van der Waals surface area contributed by atoms with Gasteiger partial charge in [-0.05, 0) is 38.1 Å². The average Bonchev–Trinajstić information content (AvgIpc) is 3.10. The lowest BCUT2D eigenvalue weighted by Crippen LogP contribution is -2.14. The third-order valence-electron chi connectivity index (χ3n) is 3.66. The first-order valence-corrected chi connectivity index (χ1v) is 9.03. The second-order valence-electron chi connectivity index (χ2n) is 6.19. The molecular weight excluding hydrogens is 366 g/mol. The average molecular weight is 386 g/mol. The Morgan fingerprint density at radius 1 is 1.15 bits per heavy atom. The molecule has 0 fully saturated rings. The van der Waals surface area contributed by atoms with Crippen LogP contribution >= 0.6 is 11.6 Å². The first kappa shape index (κ1) is 18.9. The fourth-order valence-corrected chi connectivity index (χ4v) is 2.67. The number of hydrogen-bond acceptors (Lipinski definition) is 5. The summed E-state index contributed by atoms with van der Waals surface area (Å²) in [6, 6.07) is 14.6. The van der Waals surface area contributed by atoms with Crippen LogP contribution in [0.15, 0.2) is 52.9 Å². The number of halogens is 1. The van der Waals surface area contributed by atoms with Crippen molar-refractivity contribution < 1.29 is 13.9 Å². The molecule has 0 saturated heterocycles. The van der Waals surface area contributed by atoms with Crippen LogP contribution in [0.4, 0.5) is 5.69 Å². The van der Waals surface area contributed by atoms with Crippen LogP contribution in [0.2, 0.25) is 5.02 Å². The number of nitrogens with one attached hydrogen (secondary N) is 1. The highest BCUT2D eigenvalue weighted by molar-refractivity contribution is 6.33. The Balaban J connectivity index is 1.60. The summed E-state index contributed by atoms with van der Waals surface area (Å²) in [4.78, 5) is 12.3. The molecule has 0 aliphatic heterocycles. The van der Waals surface area contributed by atoms with Crippen molar-refractivity contribution >= 4 is 23.2 Å². The van der Waals surface area contributed by atoms with Gasteiger partial charge in [-0.15, -0.1) is 10.2 Å². The van der Waals surface area contributed by atoms with Gasteiger partial charge in [0.2, 0.25) is 17.7 Å². The summed E-state index contributed by atoms with van der Waals surface area (Å²) in [6.07, 6.45) is 0.557. The van der Waals surface area contributed by atoms with Crippen LogP contribution < -0.4 is 10.1 Å². The zero-order valence-corrected chi connectivity index (χ0v) is 15.9. The number of nitrogens with zero attached hydrogens (tertiary/aromatic N) is 2. The second kappa shape index (κ2) is 8.68. The number of carbonyl (C=O) groups excluding carboxylic acids is 1. The van der Waals surface area contributed by atoms with E-state index in [1.807, 2.05) is 44.2 Å². The minimum atomic E-state index is -0.160. The van der Waals surface area contributed by atoms with Crippen LogP contribution in [0.3, 0.4) is 0 Å². The standard InChI is InChI=1S/C20H20ClN3O3/c1-13(2)26-17-10-6-5-9-16(17)22-18(25)11-12-19-23-24-20(27-19)14-7-3-4-8-15(14)21/h3-10,13H,11-12H2,1-2H3,(H,22,25). The van der Waals surface area contributed by atoms with Crippen LogP contribution in [-0.2, 0) is 11.2 Å². The van der Waals surface area contributed by atoms with E-state index in [-0.39, 0.29) is 18.4 Å². The Morgan fingerprint density at radius 2 is 1.89 bits per heavy atom. The van der Waals surface area contributed by atoms with Crippen LogP contribution in [-0.4, -0.2) is 22.2 Å². The molecule has 1 heterocycles. The van der Waals surface area contributed by atoms with Gasteiger partial charge in [0.1, 0.15) is 5.75 Å². The summed E-state index contributed by atoms with van der Waals surface area (Å²) < 4.78 is 11.3. The number of para-hydroxylation sites is 2. The number of rotatable bonds is 7. The Kier molecular flexibility index (Phi) is 6.08. The molecule has 1 N–H and O–H groups in total. The van der Waals surface area contributed by atoms with Gasteiger partial charge in [0.05, 0.1) is 22.4 Å². The van der Waals surface area contributed by atoms with Gasteiger partial charge in [0.15, 0.2) is 0 Å². The summed E-state index contributed by atoms with van der Waals surface area (Å²) in [5, 5.41) is 11.4. The lowest BCUT2D eigenvalue weighted by Gasteiger charge is -2.14. The summed E-state index contributed by atoms with van der Waals surface area (Å²) in [6.45, 7) is 3.87. The number of anilines is 1. The Hall–Kier alpha value is -2.86. The first-order chi connectivity index (χ1) is 13.0. The molecule has 3 aromatic rings. The van der Waals surface area contributed by atoms with Crippen molar-refractivity contribution in [2.75, 3.05) is 5.32 Å². The molecule has 0 radical (unpaired) electrons. The zero-order valence-electron chi connectivity index (χ0n) is 15.1. The van der Waals surface area contributed by atoms with Crippen molar-refractivity contribution in [2.45, 2.75) is 32.8 Å². The molecule has 0 aliphatic carbocycles. The highest BCUT2D eigenvalue weighted by atomic mass is 35.5. The predicted octanol–water partition coefficient (Wildman–Crippen LogP) is 4.75. The maximum absolute atomic E-state index is 12.3. The molecule has 1 aromatic heterocycles. The lowest BCUT2D eigenvalue weighted by molar-refractivity contribution is -0.116. The maximum Gasteiger partial charge on any atom is 0.249 e. The van der Waals surface area contributed by atoms with Gasteiger partial charge in [-0.2, -0.15) is 0 Å². The largest absolute Gasteiger partial charge is 0.489 e. The summed E-state index contributed by atoms with van der Waals surface area (Å²) >= 11 is 6.13. The molecule has 140 valence electrons. The molecule has 2 aromatic carbocycles. The minimum Gasteiger partial charge on any atom is -0.489 e. The van der Waals surface area contributed by atoms with Crippen LogP contribution in [0.25, 0.3) is 11.5 Å². The third-order valence-corrected chi connectivity index (χ3v) is 3.99. The fourth-order valence-electron chi connectivity index (χ4n) is 2.46. The van der Waals surface area contributed by atoms with Crippen molar-refractivity contribution in [1.29, 1.82) is 0 Å². The van der Waals surface area contributed by atoms with Crippen molar-refractivity contribution in [3.05, 3.63) is 59.4 Å². The third kappa shape index (κ3) is 5.08. The van der Waals surface area contributed by atoms with E-state index >= 15 is 0 Å². The molecule has 6 nitrogen and oxygen atoms in total. The molecule has 1 amide bonds. The molecule has 0 saturated carbocycles. The molecule has 3 rings (SSSR count). The first-order valence-electron chi connectivity index (χ1n) is 8.65. The molecule has 0 aliphatic rings. The SMILES string of the molecule is CC(C)Oc1ccccc1NC(=O)CCc1nnc(-c2ccccc2Cl)o1. The Morgan fingerprint density at radius 3 is 2.67 bits per heavy atom. The van der Waals surface area contributed by atoms with E-state index in [0.29, 0.717) is 40.2 Å². The number of amides is 1. The predicted molar refractivity (Wildman–Crippen MR) is 104 cm³/mol. The van der Waals surface area contributed by atoms with Crippen molar-refractivity contribution in [3.8, 4) is 17.2 Å². The van der Waals surface area contributed by atoms with Crippen LogP contribution in [0.5, 0.6) is 5.75 Å². The summed E-state index contributed by atoms with van der Waals surface area (Å²) in [5.41, 5.74) is 1.31. The normalized spacial score (nSPS) is 10.8. The number of benzene rings is 2. The van der Waals surface area contributed by atoms with E-state index in [1.165, 1.54) is 0 Å². The highest BCUT2D eigenvalue weighted by Crippen LogP contribution is 2.27. The van der Waals surface area contributed by atoms with Gasteiger partial charge >= 0.3 is 0 Å². The smallest absolute Gasteiger partial charge is 0.249 e. The van der Waals surface area contributed by atoms with E-state index in [1.54, 1.807) is 18.2 Å². The monoisotopic (exact) mass is 385 g/mol. The molecule has 27 heavy (non-hydrogen) atoms.